The van der Waals surface area contributed by atoms with Crippen LogP contribution in [0.1, 0.15) is 16.5 Å². The first-order chi connectivity index (χ1) is 19.1. The summed E-state index contributed by atoms with van der Waals surface area (Å²) in [6.45, 7) is 0.0663. The van der Waals surface area contributed by atoms with Crippen molar-refractivity contribution in [2.75, 3.05) is 19.5 Å². The monoisotopic (exact) mass is 542 g/mol. The Kier molecular flexibility index (Phi) is 7.78. The number of nitrogens with zero attached hydrogens (tertiary/aromatic N) is 5. The maximum atomic E-state index is 14.0. The molecular formula is C28H26N6O4S. The number of pyridine rings is 1. The van der Waals surface area contributed by atoms with E-state index in [0.717, 1.165) is 11.1 Å². The molecule has 2 amide bonds. The smallest absolute Gasteiger partial charge is 0.252 e. The van der Waals surface area contributed by atoms with Crippen LogP contribution in [0.25, 0.3) is 11.0 Å². The number of thiophene rings is 1. The lowest BCUT2D eigenvalue weighted by Crippen LogP contribution is -2.42. The van der Waals surface area contributed by atoms with Gasteiger partial charge < -0.3 is 19.7 Å². The lowest BCUT2D eigenvalue weighted by molar-refractivity contribution is -0.140. The third kappa shape index (κ3) is 5.73. The first-order valence-electron chi connectivity index (χ1n) is 12.1. The Morgan fingerprint density at radius 2 is 1.92 bits per heavy atom. The van der Waals surface area contributed by atoms with Crippen LogP contribution >= 0.6 is 11.3 Å². The van der Waals surface area contributed by atoms with Gasteiger partial charge >= 0.3 is 0 Å². The van der Waals surface area contributed by atoms with E-state index in [0.29, 0.717) is 27.6 Å². The fourth-order valence-corrected chi connectivity index (χ4v) is 5.07. The number of hydrogen-bond donors (Lipinski definition) is 1. The van der Waals surface area contributed by atoms with E-state index >= 15 is 0 Å². The summed E-state index contributed by atoms with van der Waals surface area (Å²) in [5.41, 5.74) is 2.65. The average molecular weight is 543 g/mol. The van der Waals surface area contributed by atoms with Crippen LogP contribution in [0, 0.1) is 0 Å². The molecule has 0 aliphatic heterocycles. The Morgan fingerprint density at radius 3 is 2.67 bits per heavy atom. The Labute approximate surface area is 228 Å². The normalized spacial score (nSPS) is 11.6. The number of ether oxygens (including phenoxy) is 2. The second-order valence-corrected chi connectivity index (χ2v) is 9.57. The second kappa shape index (κ2) is 11.7. The molecule has 0 radical (unpaired) electrons. The standard InChI is InChI=1S/C28H26N6O4S/c1-37-20-11-12-22(24(15-20)38-2)30-28(36)27(25-10-6-14-39-25)33(17-19-7-5-13-29-16-19)26(35)18-34-23-9-4-3-8-21(23)31-32-34/h3-16,27H,17-18H2,1-2H3,(H,30,36). The summed E-state index contributed by atoms with van der Waals surface area (Å²) in [5, 5.41) is 13.2. The molecule has 5 rings (SSSR count). The van der Waals surface area contributed by atoms with Crippen LogP contribution in [-0.4, -0.2) is 50.9 Å². The zero-order chi connectivity index (χ0) is 27.2. The van der Waals surface area contributed by atoms with E-state index in [9.17, 15) is 9.59 Å². The molecule has 1 unspecified atom stereocenters. The molecule has 0 saturated heterocycles. The van der Waals surface area contributed by atoms with Crippen LogP contribution in [0.3, 0.4) is 0 Å². The predicted molar refractivity (Wildman–Crippen MR) is 148 cm³/mol. The van der Waals surface area contributed by atoms with Gasteiger partial charge in [-0.2, -0.15) is 0 Å². The van der Waals surface area contributed by atoms with E-state index in [1.54, 1.807) is 53.4 Å². The highest BCUT2D eigenvalue weighted by atomic mass is 32.1. The molecule has 0 spiro atoms. The van der Waals surface area contributed by atoms with Crippen molar-refractivity contribution in [1.29, 1.82) is 0 Å². The summed E-state index contributed by atoms with van der Waals surface area (Å²) in [4.78, 5) is 34.4. The summed E-state index contributed by atoms with van der Waals surface area (Å²) in [5.74, 6) is 0.339. The van der Waals surface area contributed by atoms with E-state index < -0.39 is 6.04 Å². The Hall–Kier alpha value is -4.77. The molecule has 3 heterocycles. The van der Waals surface area contributed by atoms with E-state index in [-0.39, 0.29) is 24.9 Å². The summed E-state index contributed by atoms with van der Waals surface area (Å²) >= 11 is 1.40. The highest BCUT2D eigenvalue weighted by Gasteiger charge is 2.33. The minimum atomic E-state index is -0.931. The second-order valence-electron chi connectivity index (χ2n) is 8.59. The maximum absolute atomic E-state index is 14.0. The Morgan fingerprint density at radius 1 is 1.05 bits per heavy atom. The van der Waals surface area contributed by atoms with Gasteiger partial charge in [0.2, 0.25) is 5.91 Å². The molecule has 0 aliphatic rings. The first-order valence-corrected chi connectivity index (χ1v) is 13.0. The van der Waals surface area contributed by atoms with E-state index in [1.165, 1.54) is 18.4 Å². The van der Waals surface area contributed by atoms with Crippen molar-refractivity contribution >= 4 is 39.9 Å². The fraction of sp³-hybridized carbons (Fsp3) is 0.179. The molecule has 10 nitrogen and oxygen atoms in total. The van der Waals surface area contributed by atoms with Gasteiger partial charge in [-0.05, 0) is 47.3 Å². The van der Waals surface area contributed by atoms with Crippen LogP contribution in [0.2, 0.25) is 0 Å². The molecule has 1 N–H and O–H groups in total. The van der Waals surface area contributed by atoms with Crippen molar-refractivity contribution in [3.63, 3.8) is 0 Å². The fourth-order valence-electron chi connectivity index (χ4n) is 4.24. The maximum Gasteiger partial charge on any atom is 0.252 e. The summed E-state index contributed by atoms with van der Waals surface area (Å²) in [6.07, 6.45) is 3.34. The van der Waals surface area contributed by atoms with Gasteiger partial charge in [-0.15, -0.1) is 16.4 Å². The number of anilines is 1. The molecule has 2 aromatic carbocycles. The zero-order valence-corrected chi connectivity index (χ0v) is 22.2. The van der Waals surface area contributed by atoms with Crippen molar-refractivity contribution in [3.05, 3.63) is 94.9 Å². The molecule has 39 heavy (non-hydrogen) atoms. The van der Waals surface area contributed by atoms with Crippen LogP contribution in [0.15, 0.2) is 84.5 Å². The lowest BCUT2D eigenvalue weighted by Gasteiger charge is -2.31. The lowest BCUT2D eigenvalue weighted by atomic mass is 10.1. The number of para-hydroxylation sites is 1. The summed E-state index contributed by atoms with van der Waals surface area (Å²) < 4.78 is 12.3. The molecule has 0 saturated carbocycles. The number of methoxy groups -OCH3 is 2. The summed E-state index contributed by atoms with van der Waals surface area (Å²) in [7, 11) is 3.07. The Bertz CT molecular complexity index is 1570. The minimum absolute atomic E-state index is 0.0954. The van der Waals surface area contributed by atoms with Crippen LogP contribution in [-0.2, 0) is 22.7 Å². The number of aromatic nitrogens is 4. The number of rotatable bonds is 10. The molecular weight excluding hydrogens is 516 g/mol. The van der Waals surface area contributed by atoms with Crippen molar-refractivity contribution in [2.45, 2.75) is 19.1 Å². The molecule has 3 aromatic heterocycles. The third-order valence-corrected chi connectivity index (χ3v) is 7.07. The topological polar surface area (TPSA) is 111 Å². The average Bonchev–Trinajstić information content (AvgIpc) is 3.64. The quantitative estimate of drug-likeness (QED) is 0.280. The van der Waals surface area contributed by atoms with Gasteiger partial charge in [0, 0.05) is 29.9 Å². The van der Waals surface area contributed by atoms with Gasteiger partial charge in [-0.3, -0.25) is 14.6 Å². The van der Waals surface area contributed by atoms with Crippen LogP contribution < -0.4 is 14.8 Å². The number of hydrogen-bond acceptors (Lipinski definition) is 8. The number of amides is 2. The number of fused-ring (bicyclic) bond motifs is 1. The number of carbonyl (C=O) groups is 2. The van der Waals surface area contributed by atoms with Crippen molar-refractivity contribution in [3.8, 4) is 11.5 Å². The molecule has 5 aromatic rings. The SMILES string of the molecule is COc1ccc(NC(=O)C(c2cccs2)N(Cc2cccnc2)C(=O)Cn2nnc3ccccc32)c(OC)c1. The summed E-state index contributed by atoms with van der Waals surface area (Å²) in [6, 6.07) is 19.0. The highest BCUT2D eigenvalue weighted by molar-refractivity contribution is 7.10. The first kappa shape index (κ1) is 25.9. The van der Waals surface area contributed by atoms with Gasteiger partial charge in [-0.1, -0.05) is 29.5 Å². The predicted octanol–water partition coefficient (Wildman–Crippen LogP) is 4.31. The van der Waals surface area contributed by atoms with Crippen LogP contribution in [0.4, 0.5) is 5.69 Å². The largest absolute Gasteiger partial charge is 0.497 e. The molecule has 1 atom stereocenters. The number of nitrogens with one attached hydrogen (secondary N) is 1. The molecule has 0 fully saturated rings. The van der Waals surface area contributed by atoms with Crippen molar-refractivity contribution in [2.24, 2.45) is 0 Å². The molecule has 11 heteroatoms. The number of benzene rings is 2. The van der Waals surface area contributed by atoms with E-state index in [2.05, 4.69) is 20.6 Å². The zero-order valence-electron chi connectivity index (χ0n) is 21.4. The van der Waals surface area contributed by atoms with Crippen molar-refractivity contribution in [1.82, 2.24) is 24.9 Å². The van der Waals surface area contributed by atoms with Gasteiger partial charge in [0.1, 0.15) is 29.6 Å². The van der Waals surface area contributed by atoms with E-state index in [1.807, 2.05) is 47.8 Å². The van der Waals surface area contributed by atoms with E-state index in [4.69, 9.17) is 9.47 Å². The molecule has 198 valence electrons. The third-order valence-electron chi connectivity index (χ3n) is 6.14. The van der Waals surface area contributed by atoms with Gasteiger partial charge in [-0.25, -0.2) is 4.68 Å². The molecule has 0 bridgehead atoms. The Balaban J connectivity index is 1.51. The minimum Gasteiger partial charge on any atom is -0.497 e. The van der Waals surface area contributed by atoms with Gasteiger partial charge in [0.15, 0.2) is 0 Å². The number of carbonyl (C=O) groups excluding carboxylic acids is 2. The van der Waals surface area contributed by atoms with Crippen LogP contribution in [0.5, 0.6) is 11.5 Å². The highest BCUT2D eigenvalue weighted by Crippen LogP contribution is 2.33. The van der Waals surface area contributed by atoms with Crippen molar-refractivity contribution < 1.29 is 19.1 Å². The van der Waals surface area contributed by atoms with Gasteiger partial charge in [0.25, 0.3) is 5.91 Å². The van der Waals surface area contributed by atoms with Gasteiger partial charge in [0.05, 0.1) is 25.4 Å². The molecule has 0 aliphatic carbocycles.